The van der Waals surface area contributed by atoms with Crippen LogP contribution in [0.15, 0.2) is 24.3 Å². The van der Waals surface area contributed by atoms with Crippen LogP contribution in [0.4, 0.5) is 0 Å². The van der Waals surface area contributed by atoms with Gasteiger partial charge in [-0.1, -0.05) is 39.0 Å². The summed E-state index contributed by atoms with van der Waals surface area (Å²) in [6, 6.07) is 8.25. The van der Waals surface area contributed by atoms with Gasteiger partial charge in [0.05, 0.1) is 6.61 Å². The van der Waals surface area contributed by atoms with Crippen molar-refractivity contribution < 1.29 is 4.74 Å². The van der Waals surface area contributed by atoms with Crippen LogP contribution >= 0.6 is 12.6 Å². The topological polar surface area (TPSA) is 9.23 Å². The zero-order valence-corrected chi connectivity index (χ0v) is 10.6. The van der Waals surface area contributed by atoms with Crippen LogP contribution in [0.3, 0.4) is 0 Å². The van der Waals surface area contributed by atoms with Gasteiger partial charge in [-0.05, 0) is 29.2 Å². The average Bonchev–Trinajstić information content (AvgIpc) is 2.26. The molecule has 0 amide bonds. The van der Waals surface area contributed by atoms with Crippen LogP contribution < -0.4 is 4.74 Å². The van der Waals surface area contributed by atoms with E-state index in [0.29, 0.717) is 11.8 Å². The Morgan fingerprint density at radius 2 is 1.87 bits per heavy atom. The van der Waals surface area contributed by atoms with Crippen molar-refractivity contribution in [2.24, 2.45) is 5.92 Å². The fourth-order valence-corrected chi connectivity index (χ4v) is 1.48. The highest BCUT2D eigenvalue weighted by molar-refractivity contribution is 7.80. The van der Waals surface area contributed by atoms with Crippen molar-refractivity contribution in [2.75, 3.05) is 12.4 Å². The largest absolute Gasteiger partial charge is 0.493 e. The highest BCUT2D eigenvalue weighted by Crippen LogP contribution is 2.26. The first-order valence-electron chi connectivity index (χ1n) is 5.47. The Bertz CT molecular complexity index is 296. The lowest BCUT2D eigenvalue weighted by Crippen LogP contribution is -2.10. The number of thiol groups is 1. The maximum atomic E-state index is 5.80. The van der Waals surface area contributed by atoms with Crippen LogP contribution in [-0.2, 0) is 0 Å². The van der Waals surface area contributed by atoms with Crippen LogP contribution in [-0.4, -0.2) is 12.4 Å². The molecule has 2 heteroatoms. The molecular formula is C13H20OS. The molecule has 0 fully saturated rings. The summed E-state index contributed by atoms with van der Waals surface area (Å²) in [4.78, 5) is 0. The average molecular weight is 224 g/mol. The molecule has 0 aliphatic heterocycles. The smallest absolute Gasteiger partial charge is 0.122 e. The summed E-state index contributed by atoms with van der Waals surface area (Å²) in [6.45, 7) is 7.26. The van der Waals surface area contributed by atoms with Crippen molar-refractivity contribution in [2.45, 2.75) is 26.7 Å². The van der Waals surface area contributed by atoms with Gasteiger partial charge in [-0.25, -0.2) is 0 Å². The third-order valence-corrected chi connectivity index (χ3v) is 3.00. The standard InChI is InChI=1S/C13H20OS/c1-10(2)12-6-4-5-7-13(12)14-8-11(3)9-15/h4-7,10-11,15H,8-9H2,1-3H3. The molecule has 0 bridgehead atoms. The number of para-hydroxylation sites is 1. The number of ether oxygens (including phenoxy) is 1. The van der Waals surface area contributed by atoms with Crippen molar-refractivity contribution in [3.8, 4) is 5.75 Å². The molecule has 0 heterocycles. The highest BCUT2D eigenvalue weighted by Gasteiger charge is 2.07. The van der Waals surface area contributed by atoms with Crippen LogP contribution in [0, 0.1) is 5.92 Å². The van der Waals surface area contributed by atoms with Gasteiger partial charge in [0, 0.05) is 0 Å². The second-order valence-corrected chi connectivity index (χ2v) is 4.66. The molecule has 1 aromatic rings. The Morgan fingerprint density at radius 3 is 2.47 bits per heavy atom. The van der Waals surface area contributed by atoms with Crippen molar-refractivity contribution in [3.63, 3.8) is 0 Å². The molecule has 0 saturated carbocycles. The van der Waals surface area contributed by atoms with E-state index in [2.05, 4.69) is 45.5 Å². The number of hydrogen-bond donors (Lipinski definition) is 1. The summed E-state index contributed by atoms with van der Waals surface area (Å²) in [7, 11) is 0. The van der Waals surface area contributed by atoms with Crippen LogP contribution in [0.25, 0.3) is 0 Å². The molecule has 0 aromatic heterocycles. The van der Waals surface area contributed by atoms with Crippen LogP contribution in [0.2, 0.25) is 0 Å². The Morgan fingerprint density at radius 1 is 1.20 bits per heavy atom. The van der Waals surface area contributed by atoms with Gasteiger partial charge in [0.1, 0.15) is 5.75 Å². The minimum absolute atomic E-state index is 0.494. The molecule has 1 rings (SSSR count). The van der Waals surface area contributed by atoms with Crippen molar-refractivity contribution in [1.82, 2.24) is 0 Å². The van der Waals surface area contributed by atoms with Crippen LogP contribution in [0.5, 0.6) is 5.75 Å². The molecule has 0 N–H and O–H groups in total. The fourth-order valence-electron chi connectivity index (χ4n) is 1.37. The van der Waals surface area contributed by atoms with E-state index in [1.807, 2.05) is 12.1 Å². The minimum Gasteiger partial charge on any atom is -0.493 e. The highest BCUT2D eigenvalue weighted by atomic mass is 32.1. The van der Waals surface area contributed by atoms with Crippen molar-refractivity contribution >= 4 is 12.6 Å². The van der Waals surface area contributed by atoms with E-state index < -0.39 is 0 Å². The van der Waals surface area contributed by atoms with Crippen molar-refractivity contribution in [1.29, 1.82) is 0 Å². The lowest BCUT2D eigenvalue weighted by atomic mass is 10.0. The molecular weight excluding hydrogens is 204 g/mol. The predicted octanol–water partition coefficient (Wildman–Crippen LogP) is 3.75. The SMILES string of the molecule is CC(CS)COc1ccccc1C(C)C. The molecule has 0 aliphatic rings. The number of hydrogen-bond acceptors (Lipinski definition) is 2. The third-order valence-electron chi connectivity index (χ3n) is 2.38. The summed E-state index contributed by atoms with van der Waals surface area (Å²) in [5.41, 5.74) is 1.28. The minimum atomic E-state index is 0.494. The Balaban J connectivity index is 2.67. The molecule has 0 spiro atoms. The fraction of sp³-hybridized carbons (Fsp3) is 0.538. The first-order valence-corrected chi connectivity index (χ1v) is 6.11. The maximum Gasteiger partial charge on any atom is 0.122 e. The van der Waals surface area contributed by atoms with E-state index in [4.69, 9.17) is 4.74 Å². The van der Waals surface area contributed by atoms with Gasteiger partial charge in [-0.3, -0.25) is 0 Å². The summed E-state index contributed by atoms with van der Waals surface area (Å²) in [6.07, 6.45) is 0. The van der Waals surface area contributed by atoms with E-state index in [1.165, 1.54) is 5.56 Å². The zero-order chi connectivity index (χ0) is 11.3. The Kier molecular flexibility index (Phi) is 5.03. The van der Waals surface area contributed by atoms with E-state index in [-0.39, 0.29) is 0 Å². The van der Waals surface area contributed by atoms with Gasteiger partial charge < -0.3 is 4.74 Å². The molecule has 84 valence electrons. The third kappa shape index (κ3) is 3.78. The normalized spacial score (nSPS) is 12.9. The first-order chi connectivity index (χ1) is 7.15. The van der Waals surface area contributed by atoms with E-state index >= 15 is 0 Å². The van der Waals surface area contributed by atoms with Gasteiger partial charge in [-0.2, -0.15) is 12.6 Å². The monoisotopic (exact) mass is 224 g/mol. The number of benzene rings is 1. The van der Waals surface area contributed by atoms with Crippen LogP contribution in [0.1, 0.15) is 32.3 Å². The summed E-state index contributed by atoms with van der Waals surface area (Å²) in [5, 5.41) is 0. The first kappa shape index (κ1) is 12.4. The molecule has 1 atom stereocenters. The lowest BCUT2D eigenvalue weighted by Gasteiger charge is -2.15. The van der Waals surface area contributed by atoms with Gasteiger partial charge in [0.15, 0.2) is 0 Å². The quantitative estimate of drug-likeness (QED) is 0.749. The molecule has 0 saturated heterocycles. The zero-order valence-electron chi connectivity index (χ0n) is 9.73. The molecule has 0 aliphatic carbocycles. The van der Waals surface area contributed by atoms with Gasteiger partial charge in [-0.15, -0.1) is 0 Å². The van der Waals surface area contributed by atoms with E-state index in [9.17, 15) is 0 Å². The van der Waals surface area contributed by atoms with Gasteiger partial charge in [0.25, 0.3) is 0 Å². The Hall–Kier alpha value is -0.630. The Labute approximate surface area is 98.3 Å². The lowest BCUT2D eigenvalue weighted by molar-refractivity contribution is 0.270. The van der Waals surface area contributed by atoms with Gasteiger partial charge >= 0.3 is 0 Å². The van der Waals surface area contributed by atoms with Gasteiger partial charge in [0.2, 0.25) is 0 Å². The molecule has 15 heavy (non-hydrogen) atoms. The molecule has 1 aromatic carbocycles. The number of rotatable bonds is 5. The maximum absolute atomic E-state index is 5.80. The van der Waals surface area contributed by atoms with E-state index in [1.54, 1.807) is 0 Å². The second-order valence-electron chi connectivity index (χ2n) is 4.29. The molecule has 1 nitrogen and oxygen atoms in total. The van der Waals surface area contributed by atoms with Crippen molar-refractivity contribution in [3.05, 3.63) is 29.8 Å². The molecule has 0 radical (unpaired) electrons. The predicted molar refractivity (Wildman–Crippen MR) is 69.0 cm³/mol. The second kappa shape index (κ2) is 6.06. The summed E-state index contributed by atoms with van der Waals surface area (Å²) in [5.74, 6) is 2.88. The summed E-state index contributed by atoms with van der Waals surface area (Å²) < 4.78 is 5.80. The molecule has 1 unspecified atom stereocenters. The summed E-state index contributed by atoms with van der Waals surface area (Å²) >= 11 is 4.25. The van der Waals surface area contributed by atoms with E-state index in [0.717, 1.165) is 18.1 Å².